The van der Waals surface area contributed by atoms with Crippen molar-refractivity contribution in [1.29, 1.82) is 0 Å². The van der Waals surface area contributed by atoms with Crippen molar-refractivity contribution in [2.24, 2.45) is 13.0 Å². The second kappa shape index (κ2) is 7.23. The summed E-state index contributed by atoms with van der Waals surface area (Å²) >= 11 is 0. The van der Waals surface area contributed by atoms with Gasteiger partial charge in [-0.2, -0.15) is 0 Å². The smallest absolute Gasteiger partial charge is 0.123 e. The first kappa shape index (κ1) is 16.1. The third kappa shape index (κ3) is 4.18. The molecule has 0 radical (unpaired) electrons. The molecule has 2 aromatic rings. The number of methoxy groups -OCH3 is 1. The SMILES string of the molecule is CO[C@H]1CN(Cc2cn(C)cn2)CC[C@@H]1Cc1ccc(F)cc1. The van der Waals surface area contributed by atoms with Crippen LogP contribution in [0, 0.1) is 11.7 Å². The molecule has 0 aliphatic carbocycles. The second-order valence-electron chi connectivity index (χ2n) is 6.42. The van der Waals surface area contributed by atoms with Crippen molar-refractivity contribution in [2.45, 2.75) is 25.5 Å². The third-order valence-corrected chi connectivity index (χ3v) is 4.64. The van der Waals surface area contributed by atoms with Gasteiger partial charge in [0.1, 0.15) is 5.82 Å². The number of aromatic nitrogens is 2. The molecule has 1 aliphatic heterocycles. The lowest BCUT2D eigenvalue weighted by Gasteiger charge is -2.37. The Balaban J connectivity index is 1.58. The lowest BCUT2D eigenvalue weighted by Crippen LogP contribution is -2.45. The molecule has 3 rings (SSSR count). The molecule has 23 heavy (non-hydrogen) atoms. The maximum Gasteiger partial charge on any atom is 0.123 e. The van der Waals surface area contributed by atoms with E-state index in [0.717, 1.165) is 38.2 Å². The van der Waals surface area contributed by atoms with E-state index < -0.39 is 0 Å². The molecule has 1 aliphatic rings. The minimum absolute atomic E-state index is 0.178. The van der Waals surface area contributed by atoms with Crippen molar-refractivity contribution in [2.75, 3.05) is 20.2 Å². The average Bonchev–Trinajstić information content (AvgIpc) is 2.96. The van der Waals surface area contributed by atoms with Crippen molar-refractivity contribution in [3.63, 3.8) is 0 Å². The fraction of sp³-hybridized carbons (Fsp3) is 0.500. The molecule has 5 heteroatoms. The summed E-state index contributed by atoms with van der Waals surface area (Å²) in [5.41, 5.74) is 2.27. The highest BCUT2D eigenvalue weighted by Gasteiger charge is 2.29. The number of hydrogen-bond donors (Lipinski definition) is 0. The number of benzene rings is 1. The number of piperidine rings is 1. The summed E-state index contributed by atoms with van der Waals surface area (Å²) in [5, 5.41) is 0. The van der Waals surface area contributed by atoms with E-state index in [1.165, 1.54) is 17.7 Å². The topological polar surface area (TPSA) is 30.3 Å². The zero-order valence-corrected chi connectivity index (χ0v) is 13.8. The minimum atomic E-state index is -0.178. The molecular formula is C18H24FN3O. The highest BCUT2D eigenvalue weighted by molar-refractivity contribution is 5.17. The van der Waals surface area contributed by atoms with Gasteiger partial charge in [-0.3, -0.25) is 4.90 Å². The van der Waals surface area contributed by atoms with Crippen LogP contribution in [-0.4, -0.2) is 40.8 Å². The monoisotopic (exact) mass is 317 g/mol. The summed E-state index contributed by atoms with van der Waals surface area (Å²) in [6.07, 6.45) is 6.13. The Labute approximate surface area is 136 Å². The number of likely N-dealkylation sites (tertiary alicyclic amines) is 1. The second-order valence-corrected chi connectivity index (χ2v) is 6.42. The van der Waals surface area contributed by atoms with E-state index in [1.807, 2.05) is 30.1 Å². The lowest BCUT2D eigenvalue weighted by molar-refractivity contribution is -0.0139. The van der Waals surface area contributed by atoms with Gasteiger partial charge in [-0.05, 0) is 43.0 Å². The Kier molecular flexibility index (Phi) is 5.08. The molecule has 0 spiro atoms. The van der Waals surface area contributed by atoms with Gasteiger partial charge in [0, 0.05) is 33.4 Å². The number of ether oxygens (including phenoxy) is 1. The standard InChI is InChI=1S/C18H24FN3O/c1-21-10-17(20-13-21)11-22-8-7-15(18(12-22)23-2)9-14-3-5-16(19)6-4-14/h3-6,10,13,15,18H,7-9,11-12H2,1-2H3/t15-,18+/m1/s1. The molecule has 0 unspecified atom stereocenters. The molecule has 1 fully saturated rings. The van der Waals surface area contributed by atoms with E-state index >= 15 is 0 Å². The van der Waals surface area contributed by atoms with E-state index in [2.05, 4.69) is 16.1 Å². The van der Waals surface area contributed by atoms with Crippen LogP contribution in [-0.2, 0) is 24.8 Å². The van der Waals surface area contributed by atoms with E-state index in [0.29, 0.717) is 5.92 Å². The van der Waals surface area contributed by atoms with Crippen molar-refractivity contribution >= 4 is 0 Å². The first-order chi connectivity index (χ1) is 11.1. The molecule has 4 nitrogen and oxygen atoms in total. The number of aryl methyl sites for hydroxylation is 1. The predicted octanol–water partition coefficient (Wildman–Crippen LogP) is 2.64. The van der Waals surface area contributed by atoms with Crippen LogP contribution < -0.4 is 0 Å². The Bertz CT molecular complexity index is 625. The van der Waals surface area contributed by atoms with Gasteiger partial charge in [0.25, 0.3) is 0 Å². The molecule has 0 bridgehead atoms. The lowest BCUT2D eigenvalue weighted by atomic mass is 9.87. The van der Waals surface area contributed by atoms with Gasteiger partial charge in [0.05, 0.1) is 18.1 Å². The zero-order chi connectivity index (χ0) is 16.2. The van der Waals surface area contributed by atoms with Crippen LogP contribution >= 0.6 is 0 Å². The van der Waals surface area contributed by atoms with Crippen LogP contribution in [0.5, 0.6) is 0 Å². The summed E-state index contributed by atoms with van der Waals surface area (Å²) in [7, 11) is 3.77. The van der Waals surface area contributed by atoms with E-state index in [4.69, 9.17) is 4.74 Å². The largest absolute Gasteiger partial charge is 0.380 e. The quantitative estimate of drug-likeness (QED) is 0.849. The van der Waals surface area contributed by atoms with Crippen LogP contribution in [0.2, 0.25) is 0 Å². The van der Waals surface area contributed by atoms with Gasteiger partial charge in [-0.1, -0.05) is 12.1 Å². The summed E-state index contributed by atoms with van der Waals surface area (Å²) < 4.78 is 20.7. The van der Waals surface area contributed by atoms with E-state index in [9.17, 15) is 4.39 Å². The van der Waals surface area contributed by atoms with Gasteiger partial charge >= 0.3 is 0 Å². The van der Waals surface area contributed by atoms with E-state index in [1.54, 1.807) is 7.11 Å². The molecular weight excluding hydrogens is 293 g/mol. The fourth-order valence-electron chi connectivity index (χ4n) is 3.37. The third-order valence-electron chi connectivity index (χ3n) is 4.64. The number of rotatable bonds is 5. The van der Waals surface area contributed by atoms with Crippen molar-refractivity contribution in [3.8, 4) is 0 Å². The van der Waals surface area contributed by atoms with Gasteiger partial charge in [-0.25, -0.2) is 9.37 Å². The molecule has 0 amide bonds. The molecule has 0 N–H and O–H groups in total. The first-order valence-corrected chi connectivity index (χ1v) is 8.10. The number of halogens is 1. The maximum atomic E-state index is 13.0. The summed E-state index contributed by atoms with van der Waals surface area (Å²) in [6.45, 7) is 2.82. The summed E-state index contributed by atoms with van der Waals surface area (Å²) in [4.78, 5) is 6.80. The van der Waals surface area contributed by atoms with Crippen LogP contribution in [0.15, 0.2) is 36.8 Å². The van der Waals surface area contributed by atoms with Gasteiger partial charge < -0.3 is 9.30 Å². The molecule has 1 aromatic heterocycles. The highest BCUT2D eigenvalue weighted by Crippen LogP contribution is 2.25. The van der Waals surface area contributed by atoms with Crippen molar-refractivity contribution < 1.29 is 9.13 Å². The van der Waals surface area contributed by atoms with Crippen molar-refractivity contribution in [1.82, 2.24) is 14.5 Å². The summed E-state index contributed by atoms with van der Waals surface area (Å²) in [6, 6.07) is 6.82. The molecule has 1 saturated heterocycles. The zero-order valence-electron chi connectivity index (χ0n) is 13.8. The molecule has 124 valence electrons. The summed E-state index contributed by atoms with van der Waals surface area (Å²) in [5.74, 6) is 0.299. The fourth-order valence-corrected chi connectivity index (χ4v) is 3.37. The molecule has 1 aromatic carbocycles. The predicted molar refractivity (Wildman–Crippen MR) is 87.5 cm³/mol. The Morgan fingerprint density at radius 3 is 2.74 bits per heavy atom. The van der Waals surface area contributed by atoms with Crippen LogP contribution in [0.3, 0.4) is 0 Å². The van der Waals surface area contributed by atoms with Crippen LogP contribution in [0.25, 0.3) is 0 Å². The minimum Gasteiger partial charge on any atom is -0.380 e. The highest BCUT2D eigenvalue weighted by atomic mass is 19.1. The number of imidazole rings is 1. The van der Waals surface area contributed by atoms with Gasteiger partial charge in [0.15, 0.2) is 0 Å². The molecule has 0 saturated carbocycles. The first-order valence-electron chi connectivity index (χ1n) is 8.10. The average molecular weight is 317 g/mol. The normalized spacial score (nSPS) is 22.4. The maximum absolute atomic E-state index is 13.0. The Hall–Kier alpha value is -1.72. The van der Waals surface area contributed by atoms with Crippen LogP contribution in [0.4, 0.5) is 4.39 Å². The molecule has 2 heterocycles. The van der Waals surface area contributed by atoms with Crippen molar-refractivity contribution in [3.05, 3.63) is 53.9 Å². The van der Waals surface area contributed by atoms with Crippen LogP contribution in [0.1, 0.15) is 17.7 Å². The molecule has 2 atom stereocenters. The number of nitrogens with zero attached hydrogens (tertiary/aromatic N) is 3. The van der Waals surface area contributed by atoms with Gasteiger partial charge in [0.2, 0.25) is 0 Å². The Morgan fingerprint density at radius 2 is 2.09 bits per heavy atom. The Morgan fingerprint density at radius 1 is 1.30 bits per heavy atom. The van der Waals surface area contributed by atoms with E-state index in [-0.39, 0.29) is 11.9 Å². The van der Waals surface area contributed by atoms with Gasteiger partial charge in [-0.15, -0.1) is 0 Å². The number of hydrogen-bond acceptors (Lipinski definition) is 3.